The maximum atomic E-state index is 12.8. The van der Waals surface area contributed by atoms with Crippen molar-refractivity contribution in [2.24, 2.45) is 0 Å². The lowest BCUT2D eigenvalue weighted by atomic mass is 10.2. The third-order valence-electron chi connectivity index (χ3n) is 4.08. The van der Waals surface area contributed by atoms with E-state index in [4.69, 9.17) is 21.1 Å². The van der Waals surface area contributed by atoms with Gasteiger partial charge in [-0.3, -0.25) is 10.1 Å². The van der Waals surface area contributed by atoms with Crippen molar-refractivity contribution in [3.8, 4) is 5.75 Å². The zero-order chi connectivity index (χ0) is 24.6. The lowest BCUT2D eigenvalue weighted by molar-refractivity contribution is -0.123. The molecule has 0 aliphatic rings. The molecule has 0 aliphatic heterocycles. The number of sulfonamides is 1. The summed E-state index contributed by atoms with van der Waals surface area (Å²) in [7, 11) is -2.78. The fraction of sp³-hybridized carbons (Fsp3) is 0.286. The molecule has 0 saturated carbocycles. The summed E-state index contributed by atoms with van der Waals surface area (Å²) in [5, 5.41) is 4.98. The molecule has 0 saturated heterocycles. The number of imide groups is 1. The van der Waals surface area contributed by atoms with Crippen LogP contribution in [-0.4, -0.2) is 46.1 Å². The molecule has 2 rings (SSSR count). The Morgan fingerprint density at radius 1 is 1.06 bits per heavy atom. The number of halogens is 1. The molecule has 33 heavy (non-hydrogen) atoms. The lowest BCUT2D eigenvalue weighted by Gasteiger charge is -2.13. The Labute approximate surface area is 196 Å². The number of urea groups is 1. The summed E-state index contributed by atoms with van der Waals surface area (Å²) in [6.45, 7) is 2.68. The van der Waals surface area contributed by atoms with E-state index in [1.807, 2.05) is 5.32 Å². The molecule has 0 aromatic heterocycles. The summed E-state index contributed by atoms with van der Waals surface area (Å²) >= 11 is 5.83. The number of carbonyl (C=O) groups excluding carboxylic acids is 3. The molecular formula is C21H24ClN3O7S. The van der Waals surface area contributed by atoms with Crippen LogP contribution in [0.25, 0.3) is 0 Å². The van der Waals surface area contributed by atoms with Gasteiger partial charge in [0.1, 0.15) is 10.6 Å². The number of methoxy groups -OCH3 is 1. The summed E-state index contributed by atoms with van der Waals surface area (Å²) in [5.74, 6) is -1.78. The van der Waals surface area contributed by atoms with Crippen LogP contribution >= 0.6 is 11.6 Å². The molecule has 3 amide bonds. The van der Waals surface area contributed by atoms with Gasteiger partial charge in [-0.05, 0) is 49.7 Å². The minimum atomic E-state index is -4.07. The maximum absolute atomic E-state index is 12.8. The molecule has 12 heteroatoms. The van der Waals surface area contributed by atoms with Crippen molar-refractivity contribution in [3.05, 3.63) is 58.6 Å². The quantitative estimate of drug-likeness (QED) is 0.451. The molecule has 0 fully saturated rings. The van der Waals surface area contributed by atoms with E-state index in [2.05, 4.69) is 10.0 Å². The molecule has 3 N–H and O–H groups in total. The van der Waals surface area contributed by atoms with Crippen LogP contribution in [0.1, 0.15) is 29.8 Å². The van der Waals surface area contributed by atoms with Crippen molar-refractivity contribution in [3.63, 3.8) is 0 Å². The van der Waals surface area contributed by atoms with Gasteiger partial charge < -0.3 is 14.8 Å². The van der Waals surface area contributed by atoms with Crippen molar-refractivity contribution in [2.45, 2.75) is 31.3 Å². The van der Waals surface area contributed by atoms with Gasteiger partial charge in [0.25, 0.3) is 5.91 Å². The molecule has 0 heterocycles. The van der Waals surface area contributed by atoms with E-state index in [1.54, 1.807) is 38.1 Å². The highest BCUT2D eigenvalue weighted by atomic mass is 35.5. The van der Waals surface area contributed by atoms with Crippen LogP contribution in [0.5, 0.6) is 5.75 Å². The third kappa shape index (κ3) is 8.04. The van der Waals surface area contributed by atoms with Gasteiger partial charge >= 0.3 is 12.0 Å². The molecule has 0 unspecified atom stereocenters. The fourth-order valence-electron chi connectivity index (χ4n) is 2.55. The number of nitrogens with one attached hydrogen (secondary N) is 3. The maximum Gasteiger partial charge on any atom is 0.338 e. The highest BCUT2D eigenvalue weighted by molar-refractivity contribution is 7.89. The standard InChI is InChI=1S/C21H24ClN3O7S/c1-13(2)24-21(28)25-19(26)12-32-20(27)15-6-9-17(31-3)18(10-15)33(29,30)23-11-14-4-7-16(22)8-5-14/h4-10,13,23H,11-12H2,1-3H3,(H2,24,25,26,28). The van der Waals surface area contributed by atoms with Crippen LogP contribution < -0.4 is 20.1 Å². The van der Waals surface area contributed by atoms with Gasteiger partial charge in [-0.1, -0.05) is 23.7 Å². The third-order valence-corrected chi connectivity index (χ3v) is 5.75. The molecule has 0 aliphatic carbocycles. The predicted octanol–water partition coefficient (Wildman–Crippen LogP) is 2.22. The highest BCUT2D eigenvalue weighted by Gasteiger charge is 2.22. The largest absolute Gasteiger partial charge is 0.495 e. The monoisotopic (exact) mass is 497 g/mol. The molecule has 178 valence electrons. The molecule has 0 atom stereocenters. The average molecular weight is 498 g/mol. The second kappa shape index (κ2) is 11.6. The molecule has 0 spiro atoms. The van der Waals surface area contributed by atoms with Crippen LogP contribution in [0.15, 0.2) is 47.4 Å². The SMILES string of the molecule is COc1ccc(C(=O)OCC(=O)NC(=O)NC(C)C)cc1S(=O)(=O)NCc1ccc(Cl)cc1. The highest BCUT2D eigenvalue weighted by Crippen LogP contribution is 2.25. The minimum absolute atomic E-state index is 0.0123. The van der Waals surface area contributed by atoms with Gasteiger partial charge in [0.15, 0.2) is 6.61 Å². The van der Waals surface area contributed by atoms with Crippen LogP contribution in [-0.2, 0) is 26.1 Å². The number of ether oxygens (including phenoxy) is 2. The van der Waals surface area contributed by atoms with Crippen LogP contribution in [0, 0.1) is 0 Å². The zero-order valence-electron chi connectivity index (χ0n) is 18.2. The van der Waals surface area contributed by atoms with Crippen molar-refractivity contribution >= 4 is 39.5 Å². The zero-order valence-corrected chi connectivity index (χ0v) is 19.7. The Kier molecular flexibility index (Phi) is 9.21. The fourth-order valence-corrected chi connectivity index (χ4v) is 3.88. The molecule has 0 bridgehead atoms. The number of hydrogen-bond donors (Lipinski definition) is 3. The van der Waals surface area contributed by atoms with Crippen molar-refractivity contribution in [2.75, 3.05) is 13.7 Å². The summed E-state index contributed by atoms with van der Waals surface area (Å²) in [4.78, 5) is 35.3. The topological polar surface area (TPSA) is 140 Å². The normalized spacial score (nSPS) is 11.1. The smallest absolute Gasteiger partial charge is 0.338 e. The van der Waals surface area contributed by atoms with Crippen LogP contribution in [0.2, 0.25) is 5.02 Å². The number of hydrogen-bond acceptors (Lipinski definition) is 7. The van der Waals surface area contributed by atoms with E-state index in [0.717, 1.165) is 6.07 Å². The number of benzene rings is 2. The summed E-state index contributed by atoms with van der Waals surface area (Å²) in [5.41, 5.74) is 0.548. The Morgan fingerprint density at radius 2 is 1.73 bits per heavy atom. The summed E-state index contributed by atoms with van der Waals surface area (Å²) < 4.78 is 38.1. The molecule has 0 radical (unpaired) electrons. The Morgan fingerprint density at radius 3 is 2.33 bits per heavy atom. The minimum Gasteiger partial charge on any atom is -0.495 e. The Hall–Kier alpha value is -3.15. The van der Waals surface area contributed by atoms with Crippen molar-refractivity contribution in [1.82, 2.24) is 15.4 Å². The van der Waals surface area contributed by atoms with E-state index < -0.39 is 34.5 Å². The van der Waals surface area contributed by atoms with E-state index in [9.17, 15) is 22.8 Å². The van der Waals surface area contributed by atoms with E-state index in [-0.39, 0.29) is 28.8 Å². The second-order valence-electron chi connectivity index (χ2n) is 7.07. The average Bonchev–Trinajstić information content (AvgIpc) is 2.76. The molecular weight excluding hydrogens is 474 g/mol. The van der Waals surface area contributed by atoms with Gasteiger partial charge in [0, 0.05) is 17.6 Å². The molecule has 10 nitrogen and oxygen atoms in total. The van der Waals surface area contributed by atoms with Gasteiger partial charge in [0.05, 0.1) is 12.7 Å². The first-order valence-corrected chi connectivity index (χ1v) is 11.6. The number of amides is 3. The first kappa shape index (κ1) is 26.1. The number of carbonyl (C=O) groups is 3. The Balaban J connectivity index is 2.09. The van der Waals surface area contributed by atoms with Gasteiger partial charge in [-0.15, -0.1) is 0 Å². The van der Waals surface area contributed by atoms with E-state index in [1.165, 1.54) is 19.2 Å². The van der Waals surface area contributed by atoms with Crippen molar-refractivity contribution in [1.29, 1.82) is 0 Å². The van der Waals surface area contributed by atoms with Crippen molar-refractivity contribution < 1.29 is 32.3 Å². The molecule has 2 aromatic rings. The predicted molar refractivity (Wildman–Crippen MR) is 121 cm³/mol. The molecule has 2 aromatic carbocycles. The number of rotatable bonds is 9. The van der Waals surface area contributed by atoms with E-state index >= 15 is 0 Å². The van der Waals surface area contributed by atoms with Gasteiger partial charge in [-0.2, -0.15) is 0 Å². The first-order chi connectivity index (χ1) is 15.5. The lowest BCUT2D eigenvalue weighted by Crippen LogP contribution is -2.44. The van der Waals surface area contributed by atoms with Gasteiger partial charge in [0.2, 0.25) is 10.0 Å². The van der Waals surface area contributed by atoms with Gasteiger partial charge in [-0.25, -0.2) is 22.7 Å². The second-order valence-corrected chi connectivity index (χ2v) is 9.24. The number of esters is 1. The summed E-state index contributed by atoms with van der Waals surface area (Å²) in [6.07, 6.45) is 0. The summed E-state index contributed by atoms with van der Waals surface area (Å²) in [6, 6.07) is 9.35. The van der Waals surface area contributed by atoms with E-state index in [0.29, 0.717) is 10.6 Å². The first-order valence-electron chi connectivity index (χ1n) is 9.71. The van der Waals surface area contributed by atoms with Crippen LogP contribution in [0.3, 0.4) is 0 Å². The van der Waals surface area contributed by atoms with Crippen LogP contribution in [0.4, 0.5) is 4.79 Å². The Bertz CT molecular complexity index is 1120.